The largest absolute Gasteiger partial charge is 0.496 e. The molecule has 8 rings (SSSR count). The number of aromatic nitrogens is 2. The van der Waals surface area contributed by atoms with Gasteiger partial charge in [-0.25, -0.2) is 13.9 Å². The highest BCUT2D eigenvalue weighted by atomic mass is 19.1. The van der Waals surface area contributed by atoms with Crippen molar-refractivity contribution < 1.29 is 53.4 Å². The van der Waals surface area contributed by atoms with E-state index in [2.05, 4.69) is 20.3 Å². The molecule has 0 spiro atoms. The first kappa shape index (κ1) is 51.4. The summed E-state index contributed by atoms with van der Waals surface area (Å²) in [7, 11) is 6.88. The van der Waals surface area contributed by atoms with Crippen LogP contribution in [0.25, 0.3) is 16.9 Å². The number of carbonyl (C=O) groups is 3. The number of amides is 2. The number of rotatable bonds is 21. The minimum absolute atomic E-state index is 0.0524. The highest BCUT2D eigenvalue weighted by Gasteiger charge is 2.62. The normalized spacial score (nSPS) is 27.6. The molecule has 4 saturated carbocycles. The Hall–Kier alpha value is -5.47. The van der Waals surface area contributed by atoms with E-state index in [1.165, 1.54) is 6.21 Å². The zero-order chi connectivity index (χ0) is 49.7. The molecule has 7 N–H and O–H groups in total. The number of aliphatic carboxylic acids is 1. The van der Waals surface area contributed by atoms with Gasteiger partial charge in [0.2, 0.25) is 0 Å². The van der Waals surface area contributed by atoms with Gasteiger partial charge in [-0.15, -0.1) is 0 Å². The molecule has 0 radical (unpaired) electrons. The molecule has 5 aliphatic rings. The third kappa shape index (κ3) is 10.7. The number of hydrogen-bond acceptors (Lipinski definition) is 14. The zero-order valence-electron chi connectivity index (χ0n) is 40.5. The number of alkyl halides is 1. The van der Waals surface area contributed by atoms with Gasteiger partial charge in [0, 0.05) is 25.4 Å². The van der Waals surface area contributed by atoms with Crippen LogP contribution in [0.5, 0.6) is 11.5 Å². The maximum Gasteiger partial charge on any atom is 0.330 e. The molecule has 2 unspecified atom stereocenters. The Morgan fingerprint density at radius 2 is 1.62 bits per heavy atom. The second kappa shape index (κ2) is 22.1. The van der Waals surface area contributed by atoms with Crippen molar-refractivity contribution in [3.63, 3.8) is 0 Å². The summed E-state index contributed by atoms with van der Waals surface area (Å²) >= 11 is 0. The minimum atomic E-state index is -1.98. The third-order valence-corrected chi connectivity index (χ3v) is 14.8. The summed E-state index contributed by atoms with van der Waals surface area (Å²) in [5.41, 5.74) is 2.07. The van der Waals surface area contributed by atoms with Crippen molar-refractivity contribution in [2.45, 2.75) is 114 Å². The topological polar surface area (TPSA) is 247 Å². The van der Waals surface area contributed by atoms with Gasteiger partial charge < -0.3 is 55.6 Å². The van der Waals surface area contributed by atoms with E-state index in [0.717, 1.165) is 57.2 Å². The first-order valence-corrected chi connectivity index (χ1v) is 24.1. The summed E-state index contributed by atoms with van der Waals surface area (Å²) in [5, 5.41) is 51.7. The number of aliphatic hydroxyl groups is 3. The van der Waals surface area contributed by atoms with Crippen molar-refractivity contribution in [3.05, 3.63) is 59.3 Å². The quantitative estimate of drug-likeness (QED) is 0.0375. The average molecular weight is 961 g/mol. The van der Waals surface area contributed by atoms with Gasteiger partial charge in [-0.1, -0.05) is 19.9 Å². The van der Waals surface area contributed by atoms with Gasteiger partial charge in [-0.05, 0) is 149 Å². The van der Waals surface area contributed by atoms with E-state index >= 15 is 0 Å². The van der Waals surface area contributed by atoms with Crippen LogP contribution in [0.2, 0.25) is 0 Å². The predicted molar refractivity (Wildman–Crippen MR) is 257 cm³/mol. The molecule has 376 valence electrons. The van der Waals surface area contributed by atoms with Crippen LogP contribution < -0.4 is 20.6 Å². The van der Waals surface area contributed by atoms with Crippen molar-refractivity contribution in [1.29, 1.82) is 0 Å². The molecule has 19 heteroatoms. The Morgan fingerprint density at radius 1 is 0.971 bits per heavy atom. The molecular formula is C50H69FN8O10. The van der Waals surface area contributed by atoms with E-state index in [1.807, 2.05) is 33.0 Å². The van der Waals surface area contributed by atoms with Gasteiger partial charge in [0.05, 0.1) is 43.5 Å². The fraction of sp³-hybridized carbons (Fsp3) is 0.600. The first-order valence-electron chi connectivity index (χ1n) is 24.1. The number of hydrazone groups is 1. The smallest absolute Gasteiger partial charge is 0.330 e. The molecular weight excluding hydrogens is 892 g/mol. The van der Waals surface area contributed by atoms with E-state index in [1.54, 1.807) is 61.2 Å². The van der Waals surface area contributed by atoms with E-state index in [4.69, 9.17) is 25.2 Å². The minimum Gasteiger partial charge on any atom is -0.496 e. The number of ether oxygens (including phenoxy) is 3. The van der Waals surface area contributed by atoms with Crippen LogP contribution in [0.4, 0.5) is 4.39 Å². The van der Waals surface area contributed by atoms with Crippen molar-refractivity contribution >= 4 is 29.7 Å². The van der Waals surface area contributed by atoms with Crippen LogP contribution in [-0.2, 0) is 9.53 Å². The van der Waals surface area contributed by atoms with E-state index in [9.17, 15) is 39.2 Å². The van der Waals surface area contributed by atoms with Gasteiger partial charge in [-0.2, -0.15) is 10.2 Å². The van der Waals surface area contributed by atoms with Gasteiger partial charge in [0.1, 0.15) is 35.3 Å². The number of nitrogens with two attached hydrogens (primary N) is 1. The van der Waals surface area contributed by atoms with Crippen molar-refractivity contribution in [1.82, 2.24) is 24.9 Å². The zero-order valence-corrected chi connectivity index (χ0v) is 40.5. The summed E-state index contributed by atoms with van der Waals surface area (Å²) in [6, 6.07) is 12.5. The van der Waals surface area contributed by atoms with Crippen LogP contribution in [0.1, 0.15) is 104 Å². The number of nitrogens with zero attached hydrogens (tertiary/aromatic N) is 6. The number of halogens is 1. The van der Waals surface area contributed by atoms with Crippen LogP contribution in [0, 0.1) is 23.7 Å². The SMILES string of the molecule is COc1cccc(OC)c1-c1cc(C(=O)NC2(C(=O)O)C3CC4CC(C3)CC2C4)nn1-c1ccc(C(=O)N(C)CCCN(C)CCCCC(C=N[C@@H]2O[C@H](CO)[C@@H](O)C(O)C2F)=NN)cc1C(C)C. The van der Waals surface area contributed by atoms with Crippen LogP contribution >= 0.6 is 0 Å². The van der Waals surface area contributed by atoms with E-state index < -0.39 is 54.7 Å². The summed E-state index contributed by atoms with van der Waals surface area (Å²) in [6.07, 6.45) is 0.376. The molecule has 18 nitrogen and oxygen atoms in total. The van der Waals surface area contributed by atoms with Crippen LogP contribution in [-0.4, -0.2) is 161 Å². The molecule has 1 aromatic heterocycles. The van der Waals surface area contributed by atoms with Gasteiger partial charge in [0.15, 0.2) is 18.1 Å². The number of benzene rings is 2. The Bertz CT molecular complexity index is 2320. The number of hydrogen-bond donors (Lipinski definition) is 6. The molecule has 2 amide bonds. The molecule has 4 aliphatic carbocycles. The number of unbranched alkanes of at least 4 members (excludes halogenated alkanes) is 1. The van der Waals surface area contributed by atoms with Gasteiger partial charge in [-0.3, -0.25) is 14.6 Å². The predicted octanol–water partition coefficient (Wildman–Crippen LogP) is 4.42. The van der Waals surface area contributed by atoms with Gasteiger partial charge in [0.25, 0.3) is 11.8 Å². The fourth-order valence-corrected chi connectivity index (χ4v) is 11.3. The molecule has 5 fully saturated rings. The number of carboxylic acids is 1. The number of carboxylic acid groups (broad SMARTS) is 1. The molecule has 1 saturated heterocycles. The molecule has 2 aromatic carbocycles. The van der Waals surface area contributed by atoms with Crippen LogP contribution in [0.15, 0.2) is 52.6 Å². The second-order valence-electron chi connectivity index (χ2n) is 19.6. The number of methoxy groups -OCH3 is 2. The lowest BCUT2D eigenvalue weighted by Crippen LogP contribution is -2.70. The lowest BCUT2D eigenvalue weighted by atomic mass is 9.48. The Morgan fingerprint density at radius 3 is 2.22 bits per heavy atom. The van der Waals surface area contributed by atoms with E-state index in [0.29, 0.717) is 77.4 Å². The van der Waals surface area contributed by atoms with Crippen molar-refractivity contribution in [3.8, 4) is 28.4 Å². The Labute approximate surface area is 402 Å². The van der Waals surface area contributed by atoms with Crippen molar-refractivity contribution in [2.75, 3.05) is 54.6 Å². The number of nitrogens with one attached hydrogen (secondary N) is 1. The second-order valence-corrected chi connectivity index (χ2v) is 19.6. The number of aliphatic hydroxyl groups excluding tert-OH is 3. The molecule has 5 atom stereocenters. The molecule has 4 bridgehead atoms. The third-order valence-electron chi connectivity index (χ3n) is 14.8. The molecule has 2 heterocycles. The summed E-state index contributed by atoms with van der Waals surface area (Å²) in [5.74, 6) is 5.44. The average Bonchev–Trinajstić information content (AvgIpc) is 3.78. The van der Waals surface area contributed by atoms with Gasteiger partial charge >= 0.3 is 5.97 Å². The lowest BCUT2D eigenvalue weighted by Gasteiger charge is -2.59. The lowest BCUT2D eigenvalue weighted by molar-refractivity contribution is -0.209. The maximum absolute atomic E-state index is 14.5. The highest BCUT2D eigenvalue weighted by molar-refractivity contribution is 6.30. The van der Waals surface area contributed by atoms with Crippen molar-refractivity contribution in [2.24, 2.45) is 39.6 Å². The standard InChI is InChI=1S/C50H69FN8O10/c1-28(2)35-24-31(48(64)58(4)18-10-17-57(3)16-8-7-11-34(55-52)26-53-47-43(51)45(62)44(61)41(27-60)69-47)14-15-37(35)59-38(42-39(67-5)12-9-13-40(42)68-6)25-36(56-59)46(63)54-50(49(65)66)32-20-29-19-30(22-32)23-33(50)21-29/h9,12-15,24-26,28-30,32-33,41,43-45,47,60-62H,7-8,10-11,16-23,27,52H2,1-6H3,(H,54,63)(H,65,66)/t29?,30?,32?,33?,41-,43?,44-,45?,47-,50?/m1/s1. The first-order chi connectivity index (χ1) is 33.0. The Kier molecular flexibility index (Phi) is 16.4. The maximum atomic E-state index is 14.5. The number of carbonyl (C=O) groups excluding carboxylic acids is 2. The summed E-state index contributed by atoms with van der Waals surface area (Å²) < 4.78 is 33.1. The summed E-state index contributed by atoms with van der Waals surface area (Å²) in [6.45, 7) is 5.42. The molecule has 69 heavy (non-hydrogen) atoms. The summed E-state index contributed by atoms with van der Waals surface area (Å²) in [4.78, 5) is 49.5. The Balaban J connectivity index is 1.01. The molecule has 1 aliphatic heterocycles. The number of aliphatic imine (C=N–C) groups is 1. The monoisotopic (exact) mass is 961 g/mol. The fourth-order valence-electron chi connectivity index (χ4n) is 11.3. The highest BCUT2D eigenvalue weighted by Crippen LogP contribution is 2.58. The van der Waals surface area contributed by atoms with E-state index in [-0.39, 0.29) is 29.4 Å². The van der Waals surface area contributed by atoms with Crippen LogP contribution in [0.3, 0.4) is 0 Å². The molecule has 3 aromatic rings.